The Hall–Kier alpha value is -1.52. The highest BCUT2D eigenvalue weighted by atomic mass is 16.5. The third kappa shape index (κ3) is 2.74. The molecule has 3 unspecified atom stereocenters. The minimum absolute atomic E-state index is 0.118. The fraction of sp³-hybridized carbons (Fsp3) is 0.714. The summed E-state index contributed by atoms with van der Waals surface area (Å²) in [5, 5.41) is 6.59. The average Bonchev–Trinajstić information content (AvgIpc) is 3.12. The fourth-order valence-corrected chi connectivity index (χ4v) is 3.60. The highest BCUT2D eigenvalue weighted by Crippen LogP contribution is 2.49. The first kappa shape index (κ1) is 12.5. The van der Waals surface area contributed by atoms with Gasteiger partial charge in [0.15, 0.2) is 5.76 Å². The summed E-state index contributed by atoms with van der Waals surface area (Å²) in [6.07, 6.45) is 5.94. The van der Waals surface area contributed by atoms with Crippen LogP contribution < -0.4 is 10.1 Å². The Bertz CT molecular complexity index is 457. The Morgan fingerprint density at radius 1 is 1.53 bits per heavy atom. The maximum atomic E-state index is 11.9. The van der Waals surface area contributed by atoms with Crippen LogP contribution in [0.2, 0.25) is 0 Å². The summed E-state index contributed by atoms with van der Waals surface area (Å²) in [7, 11) is 1.54. The van der Waals surface area contributed by atoms with Gasteiger partial charge in [0.1, 0.15) is 0 Å². The molecule has 1 heterocycles. The van der Waals surface area contributed by atoms with Gasteiger partial charge in [-0.1, -0.05) is 6.42 Å². The average molecular weight is 264 g/mol. The monoisotopic (exact) mass is 264 g/mol. The Labute approximate surface area is 112 Å². The summed E-state index contributed by atoms with van der Waals surface area (Å²) in [6.45, 7) is 0.385. The molecule has 3 atom stereocenters. The number of methoxy groups -OCH3 is 1. The normalized spacial score (nSPS) is 28.6. The number of carbonyl (C=O) groups is 1. The van der Waals surface area contributed by atoms with Crippen molar-refractivity contribution < 1.29 is 14.1 Å². The van der Waals surface area contributed by atoms with E-state index in [1.165, 1.54) is 32.8 Å². The van der Waals surface area contributed by atoms with Gasteiger partial charge in [0.2, 0.25) is 5.91 Å². The molecule has 2 saturated carbocycles. The molecule has 104 valence electrons. The number of carbonyl (C=O) groups excluding carboxylic acids is 1. The molecule has 5 nitrogen and oxygen atoms in total. The second-order valence-electron chi connectivity index (χ2n) is 5.75. The van der Waals surface area contributed by atoms with E-state index in [-0.39, 0.29) is 5.91 Å². The molecule has 1 N–H and O–H groups in total. The third-order valence-electron chi connectivity index (χ3n) is 4.54. The van der Waals surface area contributed by atoms with Gasteiger partial charge in [-0.15, -0.1) is 0 Å². The molecular formula is C14H20N2O3. The molecule has 19 heavy (non-hydrogen) atoms. The first-order valence-corrected chi connectivity index (χ1v) is 7.01. The number of hydrogen-bond acceptors (Lipinski definition) is 4. The van der Waals surface area contributed by atoms with Crippen LogP contribution in [0, 0.1) is 17.8 Å². The van der Waals surface area contributed by atoms with Crippen molar-refractivity contribution in [2.24, 2.45) is 17.8 Å². The topological polar surface area (TPSA) is 64.4 Å². The van der Waals surface area contributed by atoms with Crippen LogP contribution in [0.1, 0.15) is 37.9 Å². The lowest BCUT2D eigenvalue weighted by Crippen LogP contribution is -2.26. The third-order valence-corrected chi connectivity index (χ3v) is 4.54. The van der Waals surface area contributed by atoms with E-state index in [9.17, 15) is 4.79 Å². The molecule has 3 rings (SSSR count). The minimum atomic E-state index is 0.118. The predicted octanol–water partition coefficient (Wildman–Crippen LogP) is 2.13. The number of nitrogens with one attached hydrogen (secondary N) is 1. The number of aromatic nitrogens is 1. The number of nitrogens with zero attached hydrogens (tertiary/aromatic N) is 1. The molecule has 5 heteroatoms. The van der Waals surface area contributed by atoms with Crippen LogP contribution in [-0.4, -0.2) is 18.2 Å². The summed E-state index contributed by atoms with van der Waals surface area (Å²) in [6, 6.07) is 1.69. The molecule has 0 spiro atoms. The maximum Gasteiger partial charge on any atom is 0.254 e. The minimum Gasteiger partial charge on any atom is -0.479 e. The van der Waals surface area contributed by atoms with Gasteiger partial charge in [0.05, 0.1) is 13.7 Å². The Morgan fingerprint density at radius 2 is 2.42 bits per heavy atom. The van der Waals surface area contributed by atoms with E-state index >= 15 is 0 Å². The zero-order valence-corrected chi connectivity index (χ0v) is 11.2. The van der Waals surface area contributed by atoms with Crippen LogP contribution in [-0.2, 0) is 11.3 Å². The second kappa shape index (κ2) is 5.23. The summed E-state index contributed by atoms with van der Waals surface area (Å²) in [5.74, 6) is 3.47. The lowest BCUT2D eigenvalue weighted by atomic mass is 9.86. The lowest BCUT2D eigenvalue weighted by molar-refractivity contribution is -0.122. The van der Waals surface area contributed by atoms with Crippen molar-refractivity contribution in [1.82, 2.24) is 10.5 Å². The van der Waals surface area contributed by atoms with Gasteiger partial charge in [0.25, 0.3) is 5.88 Å². The first-order valence-electron chi connectivity index (χ1n) is 7.01. The van der Waals surface area contributed by atoms with E-state index in [0.717, 1.165) is 11.8 Å². The Balaban J connectivity index is 1.44. The molecule has 1 amide bonds. The smallest absolute Gasteiger partial charge is 0.254 e. The number of fused-ring (bicyclic) bond motifs is 2. The van der Waals surface area contributed by atoms with E-state index in [1.54, 1.807) is 6.07 Å². The van der Waals surface area contributed by atoms with Crippen molar-refractivity contribution in [1.29, 1.82) is 0 Å². The maximum absolute atomic E-state index is 11.9. The zero-order valence-electron chi connectivity index (χ0n) is 11.2. The Kier molecular flexibility index (Phi) is 3.44. The molecule has 0 aromatic carbocycles. The van der Waals surface area contributed by atoms with E-state index < -0.39 is 0 Å². The van der Waals surface area contributed by atoms with Crippen molar-refractivity contribution in [3.8, 4) is 5.88 Å². The molecule has 0 aliphatic heterocycles. The van der Waals surface area contributed by atoms with Gasteiger partial charge in [0, 0.05) is 12.5 Å². The highest BCUT2D eigenvalue weighted by molar-refractivity contribution is 5.76. The van der Waals surface area contributed by atoms with Crippen LogP contribution in [0.3, 0.4) is 0 Å². The standard InChI is InChI=1S/C14H20N2O3/c1-18-14-7-12(19-16-14)8-15-13(17)6-11-5-9-2-3-10(11)4-9/h7,9-11H,2-6,8H2,1H3,(H,15,17). The molecular weight excluding hydrogens is 244 g/mol. The van der Waals surface area contributed by atoms with Crippen molar-refractivity contribution >= 4 is 5.91 Å². The summed E-state index contributed by atoms with van der Waals surface area (Å²) < 4.78 is 9.96. The molecule has 1 aromatic heterocycles. The van der Waals surface area contributed by atoms with E-state index in [4.69, 9.17) is 9.26 Å². The van der Waals surface area contributed by atoms with Crippen LogP contribution in [0.5, 0.6) is 5.88 Å². The quantitative estimate of drug-likeness (QED) is 0.884. The fourth-order valence-electron chi connectivity index (χ4n) is 3.60. The van der Waals surface area contributed by atoms with Crippen LogP contribution in [0.4, 0.5) is 0 Å². The van der Waals surface area contributed by atoms with Crippen LogP contribution in [0.25, 0.3) is 0 Å². The van der Waals surface area contributed by atoms with E-state index in [0.29, 0.717) is 30.5 Å². The molecule has 2 aliphatic carbocycles. The predicted molar refractivity (Wildman–Crippen MR) is 68.5 cm³/mol. The van der Waals surface area contributed by atoms with Gasteiger partial charge in [-0.25, -0.2) is 0 Å². The SMILES string of the molecule is COc1cc(CNC(=O)CC2CC3CCC2C3)on1. The largest absolute Gasteiger partial charge is 0.479 e. The van der Waals surface area contributed by atoms with Crippen LogP contribution >= 0.6 is 0 Å². The first-order chi connectivity index (χ1) is 9.24. The molecule has 1 aromatic rings. The molecule has 2 aliphatic rings. The van der Waals surface area contributed by atoms with Gasteiger partial charge in [-0.05, 0) is 42.2 Å². The van der Waals surface area contributed by atoms with E-state index in [1.807, 2.05) is 0 Å². The molecule has 0 radical (unpaired) electrons. The number of rotatable bonds is 5. The lowest BCUT2D eigenvalue weighted by Gasteiger charge is -2.20. The number of hydrogen-bond donors (Lipinski definition) is 1. The van der Waals surface area contributed by atoms with Crippen molar-refractivity contribution in [3.63, 3.8) is 0 Å². The van der Waals surface area contributed by atoms with Crippen molar-refractivity contribution in [2.75, 3.05) is 7.11 Å². The van der Waals surface area contributed by atoms with Gasteiger partial charge >= 0.3 is 0 Å². The van der Waals surface area contributed by atoms with Crippen molar-refractivity contribution in [3.05, 3.63) is 11.8 Å². The Morgan fingerprint density at radius 3 is 3.05 bits per heavy atom. The zero-order chi connectivity index (χ0) is 13.2. The summed E-state index contributed by atoms with van der Waals surface area (Å²) >= 11 is 0. The van der Waals surface area contributed by atoms with Gasteiger partial charge in [-0.3, -0.25) is 4.79 Å². The number of amides is 1. The molecule has 0 saturated heterocycles. The van der Waals surface area contributed by atoms with E-state index in [2.05, 4.69) is 10.5 Å². The number of ether oxygens (including phenoxy) is 1. The highest BCUT2D eigenvalue weighted by Gasteiger charge is 2.39. The second-order valence-corrected chi connectivity index (χ2v) is 5.75. The van der Waals surface area contributed by atoms with Crippen molar-refractivity contribution in [2.45, 2.75) is 38.6 Å². The van der Waals surface area contributed by atoms with Gasteiger partial charge < -0.3 is 14.6 Å². The summed E-state index contributed by atoms with van der Waals surface area (Å²) in [4.78, 5) is 11.9. The summed E-state index contributed by atoms with van der Waals surface area (Å²) in [5.41, 5.74) is 0. The molecule has 2 fully saturated rings. The van der Waals surface area contributed by atoms with Gasteiger partial charge in [-0.2, -0.15) is 0 Å². The molecule has 2 bridgehead atoms. The van der Waals surface area contributed by atoms with Crippen LogP contribution in [0.15, 0.2) is 10.6 Å².